The zero-order chi connectivity index (χ0) is 16.9. The number of aliphatic hydroxyl groups is 3. The van der Waals surface area contributed by atoms with Gasteiger partial charge in [0.1, 0.15) is 6.29 Å². The first-order valence-electron chi connectivity index (χ1n) is 7.82. The summed E-state index contributed by atoms with van der Waals surface area (Å²) in [6, 6.07) is 0. The van der Waals surface area contributed by atoms with Gasteiger partial charge in [-0.2, -0.15) is 0 Å². The molecule has 22 heavy (non-hydrogen) atoms. The molecule has 0 aromatic carbocycles. The van der Waals surface area contributed by atoms with E-state index >= 15 is 0 Å². The van der Waals surface area contributed by atoms with Crippen molar-refractivity contribution in [2.45, 2.75) is 64.1 Å². The van der Waals surface area contributed by atoms with Crippen LogP contribution in [-0.4, -0.2) is 39.7 Å². The number of aliphatic hydroxyl groups excluding tert-OH is 3. The van der Waals surface area contributed by atoms with Crippen molar-refractivity contribution in [3.8, 4) is 0 Å². The number of carbonyl (C=O) groups is 1. The predicted octanol–water partition coefficient (Wildman–Crippen LogP) is 2.84. The first-order valence-corrected chi connectivity index (χ1v) is 7.82. The van der Waals surface area contributed by atoms with Crippen LogP contribution in [0.5, 0.6) is 0 Å². The second kappa shape index (κ2) is 8.02. The smallest absolute Gasteiger partial charge is 0.254 e. The number of aldehydes is 1. The quantitative estimate of drug-likeness (QED) is 0.475. The Balaban J connectivity index is 2.87. The van der Waals surface area contributed by atoms with Crippen molar-refractivity contribution in [3.05, 3.63) is 11.8 Å². The van der Waals surface area contributed by atoms with Gasteiger partial charge in [0.05, 0.1) is 18.0 Å². The second-order valence-corrected chi connectivity index (χ2v) is 6.21. The lowest BCUT2D eigenvalue weighted by Gasteiger charge is -2.25. The van der Waals surface area contributed by atoms with Gasteiger partial charge < -0.3 is 20.1 Å². The third-order valence-corrected chi connectivity index (χ3v) is 4.51. The standard InChI is InChI=1S/C16H26F2O4/c1-3-4-6-16(17,18)10(2)8-13(21)15-11(5-7-19)12(20)9-14(15)22/h7-8,10-12,14-15,20-22H,3-6,9H2,1-2H3/t10-,11+,12+,14-,15+/m0/s1. The van der Waals surface area contributed by atoms with E-state index in [1.54, 1.807) is 0 Å². The molecular weight excluding hydrogens is 294 g/mol. The number of allylic oxidation sites excluding steroid dienone is 1. The largest absolute Gasteiger partial charge is 0.512 e. The van der Waals surface area contributed by atoms with E-state index in [-0.39, 0.29) is 25.0 Å². The van der Waals surface area contributed by atoms with Crippen LogP contribution in [0.15, 0.2) is 11.8 Å². The van der Waals surface area contributed by atoms with Crippen LogP contribution < -0.4 is 0 Å². The van der Waals surface area contributed by atoms with Crippen molar-refractivity contribution >= 4 is 6.29 Å². The highest BCUT2D eigenvalue weighted by molar-refractivity contribution is 5.50. The van der Waals surface area contributed by atoms with Gasteiger partial charge in [0.2, 0.25) is 0 Å². The summed E-state index contributed by atoms with van der Waals surface area (Å²) >= 11 is 0. The third-order valence-electron chi connectivity index (χ3n) is 4.51. The lowest BCUT2D eigenvalue weighted by Crippen LogP contribution is -2.28. The van der Waals surface area contributed by atoms with Gasteiger partial charge in [-0.05, 0) is 12.5 Å². The number of carbonyl (C=O) groups excluding carboxylic acids is 1. The number of rotatable bonds is 8. The van der Waals surface area contributed by atoms with E-state index in [9.17, 15) is 28.9 Å². The predicted molar refractivity (Wildman–Crippen MR) is 78.6 cm³/mol. The van der Waals surface area contributed by atoms with E-state index in [1.165, 1.54) is 6.92 Å². The van der Waals surface area contributed by atoms with Crippen LogP contribution in [0.3, 0.4) is 0 Å². The molecule has 0 unspecified atom stereocenters. The number of hydrogen-bond donors (Lipinski definition) is 3. The minimum atomic E-state index is -2.94. The first-order chi connectivity index (χ1) is 10.2. The van der Waals surface area contributed by atoms with Gasteiger partial charge in [-0.25, -0.2) is 8.78 Å². The lowest BCUT2D eigenvalue weighted by molar-refractivity contribution is -0.109. The zero-order valence-corrected chi connectivity index (χ0v) is 13.1. The monoisotopic (exact) mass is 320 g/mol. The molecule has 0 heterocycles. The van der Waals surface area contributed by atoms with Crippen molar-refractivity contribution in [1.29, 1.82) is 0 Å². The number of unbranched alkanes of at least 4 members (excludes halogenated alkanes) is 1. The fourth-order valence-electron chi connectivity index (χ4n) is 3.05. The number of alkyl halides is 2. The van der Waals surface area contributed by atoms with Crippen molar-refractivity contribution in [2.75, 3.05) is 0 Å². The van der Waals surface area contributed by atoms with E-state index in [0.717, 1.165) is 6.08 Å². The van der Waals surface area contributed by atoms with E-state index in [1.807, 2.05) is 6.92 Å². The summed E-state index contributed by atoms with van der Waals surface area (Å²) in [4.78, 5) is 10.7. The molecule has 0 saturated heterocycles. The Morgan fingerprint density at radius 2 is 2.00 bits per heavy atom. The molecule has 128 valence electrons. The molecule has 0 aromatic heterocycles. The molecule has 1 rings (SSSR count). The summed E-state index contributed by atoms with van der Waals surface area (Å²) in [5.41, 5.74) is 0. The normalized spacial score (nSPS) is 31.3. The molecule has 6 heteroatoms. The molecule has 0 spiro atoms. The molecule has 5 atom stereocenters. The molecule has 1 aliphatic rings. The summed E-state index contributed by atoms with van der Waals surface area (Å²) in [5, 5.41) is 29.9. The van der Waals surface area contributed by atoms with E-state index < -0.39 is 35.9 Å². The molecule has 3 N–H and O–H groups in total. The fraction of sp³-hybridized carbons (Fsp3) is 0.812. The Morgan fingerprint density at radius 1 is 1.36 bits per heavy atom. The van der Waals surface area contributed by atoms with Gasteiger partial charge in [-0.15, -0.1) is 0 Å². The maximum atomic E-state index is 13.9. The van der Waals surface area contributed by atoms with Gasteiger partial charge in [-0.1, -0.05) is 20.3 Å². The Kier molecular flexibility index (Phi) is 6.94. The van der Waals surface area contributed by atoms with Crippen LogP contribution in [-0.2, 0) is 4.79 Å². The average molecular weight is 320 g/mol. The molecule has 1 saturated carbocycles. The van der Waals surface area contributed by atoms with Crippen LogP contribution in [0.2, 0.25) is 0 Å². The van der Waals surface area contributed by atoms with Gasteiger partial charge in [-0.3, -0.25) is 0 Å². The zero-order valence-electron chi connectivity index (χ0n) is 13.1. The molecule has 0 aromatic rings. The molecule has 0 bridgehead atoms. The van der Waals surface area contributed by atoms with Gasteiger partial charge in [0, 0.05) is 37.0 Å². The van der Waals surface area contributed by atoms with Gasteiger partial charge in [0.25, 0.3) is 5.92 Å². The first kappa shape index (κ1) is 19.0. The Morgan fingerprint density at radius 3 is 2.55 bits per heavy atom. The molecule has 0 aliphatic heterocycles. The molecule has 0 radical (unpaired) electrons. The molecular formula is C16H26F2O4. The van der Waals surface area contributed by atoms with Crippen molar-refractivity contribution in [3.63, 3.8) is 0 Å². The summed E-state index contributed by atoms with van der Waals surface area (Å²) in [6.45, 7) is 3.15. The Bertz CT molecular complexity index is 398. The molecule has 1 aliphatic carbocycles. The molecule has 1 fully saturated rings. The topological polar surface area (TPSA) is 77.8 Å². The van der Waals surface area contributed by atoms with Gasteiger partial charge >= 0.3 is 0 Å². The minimum Gasteiger partial charge on any atom is -0.512 e. The molecule has 4 nitrogen and oxygen atoms in total. The summed E-state index contributed by atoms with van der Waals surface area (Å²) in [7, 11) is 0. The van der Waals surface area contributed by atoms with Crippen LogP contribution >= 0.6 is 0 Å². The SMILES string of the molecule is CCCCC(F)(F)[C@@H](C)C=C(O)[C@H]1[C@H](CC=O)[C@H](O)C[C@@H]1O. The third kappa shape index (κ3) is 4.49. The maximum Gasteiger partial charge on any atom is 0.254 e. The van der Waals surface area contributed by atoms with Crippen LogP contribution in [0.4, 0.5) is 8.78 Å². The molecule has 0 amide bonds. The van der Waals surface area contributed by atoms with E-state index in [0.29, 0.717) is 19.1 Å². The summed E-state index contributed by atoms with van der Waals surface area (Å²) in [5.74, 6) is -5.99. The Hall–Kier alpha value is -1.01. The van der Waals surface area contributed by atoms with E-state index in [4.69, 9.17) is 0 Å². The van der Waals surface area contributed by atoms with Crippen molar-refractivity contribution < 1.29 is 28.9 Å². The van der Waals surface area contributed by atoms with Crippen molar-refractivity contribution in [2.24, 2.45) is 17.8 Å². The maximum absolute atomic E-state index is 13.9. The minimum absolute atomic E-state index is 0.0264. The fourth-order valence-corrected chi connectivity index (χ4v) is 3.05. The van der Waals surface area contributed by atoms with E-state index in [2.05, 4.69) is 0 Å². The average Bonchev–Trinajstić information content (AvgIpc) is 2.71. The lowest BCUT2D eigenvalue weighted by atomic mass is 9.87. The van der Waals surface area contributed by atoms with Crippen molar-refractivity contribution in [1.82, 2.24) is 0 Å². The summed E-state index contributed by atoms with van der Waals surface area (Å²) in [6.07, 6.45) is 0.497. The second-order valence-electron chi connectivity index (χ2n) is 6.21. The van der Waals surface area contributed by atoms with Crippen LogP contribution in [0, 0.1) is 17.8 Å². The van der Waals surface area contributed by atoms with Crippen LogP contribution in [0.1, 0.15) is 46.0 Å². The highest BCUT2D eigenvalue weighted by Crippen LogP contribution is 2.40. The van der Waals surface area contributed by atoms with Crippen LogP contribution in [0.25, 0.3) is 0 Å². The Labute approximate surface area is 129 Å². The highest BCUT2D eigenvalue weighted by atomic mass is 19.3. The number of halogens is 2. The number of hydrogen-bond acceptors (Lipinski definition) is 4. The highest BCUT2D eigenvalue weighted by Gasteiger charge is 2.44. The van der Waals surface area contributed by atoms with Gasteiger partial charge in [0.15, 0.2) is 0 Å². The summed E-state index contributed by atoms with van der Waals surface area (Å²) < 4.78 is 27.9.